The zero-order valence-corrected chi connectivity index (χ0v) is 17.3. The molecule has 0 spiro atoms. The van der Waals surface area contributed by atoms with Crippen molar-refractivity contribution in [2.45, 2.75) is 19.3 Å². The van der Waals surface area contributed by atoms with Crippen LogP contribution in [0.1, 0.15) is 19.3 Å². The summed E-state index contributed by atoms with van der Waals surface area (Å²) in [5, 5.41) is 13.1. The number of hydrogen-bond donors (Lipinski definition) is 0. The fourth-order valence-corrected chi connectivity index (χ4v) is 4.33. The van der Waals surface area contributed by atoms with Gasteiger partial charge in [-0.25, -0.2) is 4.39 Å². The molecule has 1 amide bonds. The van der Waals surface area contributed by atoms with Crippen molar-refractivity contribution in [2.75, 3.05) is 44.3 Å². The lowest BCUT2D eigenvalue weighted by molar-refractivity contribution is -0.138. The predicted octanol–water partition coefficient (Wildman–Crippen LogP) is 2.40. The topological polar surface area (TPSA) is 75.9 Å². The van der Waals surface area contributed by atoms with Gasteiger partial charge in [0.2, 0.25) is 5.91 Å². The van der Waals surface area contributed by atoms with Crippen LogP contribution in [0.15, 0.2) is 36.4 Å². The molecule has 0 atom stereocenters. The Bertz CT molecular complexity index is 1080. The van der Waals surface area contributed by atoms with Crippen molar-refractivity contribution in [3.63, 3.8) is 0 Å². The monoisotopic (exact) mass is 424 g/mol. The van der Waals surface area contributed by atoms with E-state index in [2.05, 4.69) is 15.1 Å². The number of fused-ring (bicyclic) bond motifs is 1. The first kappa shape index (κ1) is 19.9. The van der Waals surface area contributed by atoms with Crippen LogP contribution in [0.5, 0.6) is 0 Å². The molecule has 0 N–H and O–H groups in total. The highest BCUT2D eigenvalue weighted by Crippen LogP contribution is 2.22. The van der Waals surface area contributed by atoms with Gasteiger partial charge in [-0.15, -0.1) is 15.3 Å². The molecule has 0 radical (unpaired) electrons. The summed E-state index contributed by atoms with van der Waals surface area (Å²) in [6, 6.07) is 10.1. The molecule has 2 aliphatic rings. The zero-order chi connectivity index (χ0) is 21.2. The second-order valence-corrected chi connectivity index (χ2v) is 8.05. The molecule has 0 bridgehead atoms. The summed E-state index contributed by atoms with van der Waals surface area (Å²) in [5.74, 6) is 1.31. The average molecular weight is 424 g/mol. The number of aromatic nitrogens is 4. The number of hydrogen-bond acceptors (Lipinski definition) is 6. The number of ether oxygens (including phenoxy) is 1. The first-order chi connectivity index (χ1) is 15.2. The Labute approximate surface area is 179 Å². The molecule has 0 saturated carbocycles. The number of rotatable bonds is 3. The van der Waals surface area contributed by atoms with Gasteiger partial charge in [0, 0.05) is 50.9 Å². The van der Waals surface area contributed by atoms with E-state index in [9.17, 15) is 9.18 Å². The minimum atomic E-state index is -0.327. The third-order valence-corrected chi connectivity index (χ3v) is 6.03. The molecule has 0 unspecified atom stereocenters. The van der Waals surface area contributed by atoms with Crippen molar-refractivity contribution < 1.29 is 13.9 Å². The second kappa shape index (κ2) is 8.58. The highest BCUT2D eigenvalue weighted by Gasteiger charge is 2.28. The molecular weight excluding hydrogens is 399 g/mol. The number of benzene rings is 1. The van der Waals surface area contributed by atoms with E-state index in [1.807, 2.05) is 17.0 Å². The van der Waals surface area contributed by atoms with Crippen molar-refractivity contribution in [3.05, 3.63) is 42.2 Å². The summed E-state index contributed by atoms with van der Waals surface area (Å²) >= 11 is 0. The molecule has 5 rings (SSSR count). The van der Waals surface area contributed by atoms with Gasteiger partial charge < -0.3 is 14.5 Å². The Kier molecular flexibility index (Phi) is 5.50. The third-order valence-electron chi connectivity index (χ3n) is 6.03. The molecule has 2 fully saturated rings. The van der Waals surface area contributed by atoms with E-state index in [4.69, 9.17) is 9.84 Å². The quantitative estimate of drug-likeness (QED) is 0.643. The molecule has 3 aromatic rings. The van der Waals surface area contributed by atoms with Crippen LogP contribution in [-0.2, 0) is 9.53 Å². The van der Waals surface area contributed by atoms with Crippen LogP contribution in [-0.4, -0.2) is 70.0 Å². The Morgan fingerprint density at radius 1 is 1.03 bits per heavy atom. The lowest BCUT2D eigenvalue weighted by Crippen LogP contribution is -2.40. The summed E-state index contributed by atoms with van der Waals surface area (Å²) in [7, 11) is 0. The van der Waals surface area contributed by atoms with E-state index in [1.165, 1.54) is 12.1 Å². The molecule has 1 aromatic carbocycles. The first-order valence-corrected chi connectivity index (χ1v) is 10.8. The fourth-order valence-electron chi connectivity index (χ4n) is 4.33. The second-order valence-electron chi connectivity index (χ2n) is 8.05. The van der Waals surface area contributed by atoms with Crippen LogP contribution in [0, 0.1) is 11.7 Å². The molecule has 162 valence electrons. The SMILES string of the molecule is O=C(C1CCOCC1)N1CCCN(c2ccc3nnc(-c4cccc(F)c4)n3n2)CC1. The summed E-state index contributed by atoms with van der Waals surface area (Å²) in [5.41, 5.74) is 1.23. The van der Waals surface area contributed by atoms with E-state index < -0.39 is 0 Å². The zero-order valence-electron chi connectivity index (χ0n) is 17.3. The van der Waals surface area contributed by atoms with Crippen LogP contribution in [0.3, 0.4) is 0 Å². The van der Waals surface area contributed by atoms with Crippen molar-refractivity contribution in [1.29, 1.82) is 0 Å². The Hall–Kier alpha value is -3.07. The summed E-state index contributed by atoms with van der Waals surface area (Å²) in [6.07, 6.45) is 2.51. The van der Waals surface area contributed by atoms with Gasteiger partial charge in [0.1, 0.15) is 11.6 Å². The number of nitrogens with zero attached hydrogens (tertiary/aromatic N) is 6. The minimum absolute atomic E-state index is 0.0839. The highest BCUT2D eigenvalue weighted by atomic mass is 19.1. The number of halogens is 1. The van der Waals surface area contributed by atoms with Gasteiger partial charge in [-0.3, -0.25) is 4.79 Å². The minimum Gasteiger partial charge on any atom is -0.381 e. The maximum atomic E-state index is 13.7. The largest absolute Gasteiger partial charge is 0.381 e. The summed E-state index contributed by atoms with van der Waals surface area (Å²) < 4.78 is 20.7. The van der Waals surface area contributed by atoms with Crippen LogP contribution in [0.4, 0.5) is 10.2 Å². The first-order valence-electron chi connectivity index (χ1n) is 10.8. The Morgan fingerprint density at radius 2 is 1.90 bits per heavy atom. The molecule has 31 heavy (non-hydrogen) atoms. The van der Waals surface area contributed by atoms with E-state index >= 15 is 0 Å². The van der Waals surface area contributed by atoms with Crippen molar-refractivity contribution in [3.8, 4) is 11.4 Å². The average Bonchev–Trinajstić information content (AvgIpc) is 3.07. The van der Waals surface area contributed by atoms with E-state index in [1.54, 1.807) is 16.6 Å². The van der Waals surface area contributed by atoms with Crippen LogP contribution in [0.25, 0.3) is 17.0 Å². The van der Waals surface area contributed by atoms with E-state index in [-0.39, 0.29) is 17.6 Å². The Morgan fingerprint density at radius 3 is 2.74 bits per heavy atom. The number of carbonyl (C=O) groups is 1. The fraction of sp³-hybridized carbons (Fsp3) is 0.455. The van der Waals surface area contributed by atoms with Gasteiger partial charge in [0.25, 0.3) is 0 Å². The van der Waals surface area contributed by atoms with Gasteiger partial charge in [0.05, 0.1) is 0 Å². The van der Waals surface area contributed by atoms with Crippen LogP contribution < -0.4 is 4.90 Å². The molecular formula is C22H25FN6O2. The molecule has 0 aliphatic carbocycles. The molecule has 2 aromatic heterocycles. The van der Waals surface area contributed by atoms with Crippen molar-refractivity contribution in [2.24, 2.45) is 5.92 Å². The maximum absolute atomic E-state index is 13.7. The summed E-state index contributed by atoms with van der Waals surface area (Å²) in [6.45, 7) is 4.31. The predicted molar refractivity (Wildman–Crippen MR) is 113 cm³/mol. The Balaban J connectivity index is 1.35. The van der Waals surface area contributed by atoms with Gasteiger partial charge in [-0.1, -0.05) is 12.1 Å². The lowest BCUT2D eigenvalue weighted by atomic mass is 9.98. The highest BCUT2D eigenvalue weighted by molar-refractivity contribution is 5.79. The number of amides is 1. The number of anilines is 1. The van der Waals surface area contributed by atoms with Gasteiger partial charge >= 0.3 is 0 Å². The van der Waals surface area contributed by atoms with Gasteiger partial charge in [-0.2, -0.15) is 4.52 Å². The summed E-state index contributed by atoms with van der Waals surface area (Å²) in [4.78, 5) is 17.1. The molecule has 4 heterocycles. The van der Waals surface area contributed by atoms with Crippen molar-refractivity contribution >= 4 is 17.4 Å². The van der Waals surface area contributed by atoms with Gasteiger partial charge in [-0.05, 0) is 43.5 Å². The van der Waals surface area contributed by atoms with Gasteiger partial charge in [0.15, 0.2) is 11.5 Å². The van der Waals surface area contributed by atoms with Crippen molar-refractivity contribution in [1.82, 2.24) is 24.7 Å². The normalized spacial score (nSPS) is 18.4. The smallest absolute Gasteiger partial charge is 0.225 e. The molecule has 9 heteroatoms. The van der Waals surface area contributed by atoms with Crippen LogP contribution >= 0.6 is 0 Å². The standard InChI is InChI=1S/C22H25FN6O2/c23-18-4-1-3-17(15-18)21-25-24-19-5-6-20(26-29(19)21)27-9-2-10-28(12-11-27)22(30)16-7-13-31-14-8-16/h1,3-6,15-16H,2,7-14H2. The molecule has 2 saturated heterocycles. The van der Waals surface area contributed by atoms with Crippen LogP contribution in [0.2, 0.25) is 0 Å². The number of carbonyl (C=O) groups excluding carboxylic acids is 1. The van der Waals surface area contributed by atoms with E-state index in [0.717, 1.165) is 38.2 Å². The van der Waals surface area contributed by atoms with E-state index in [0.29, 0.717) is 43.3 Å². The third kappa shape index (κ3) is 4.10. The lowest BCUT2D eigenvalue weighted by Gasteiger charge is -2.28. The maximum Gasteiger partial charge on any atom is 0.225 e. The molecule has 2 aliphatic heterocycles. The molecule has 8 nitrogen and oxygen atoms in total.